The maximum atomic E-state index is 4.65. The lowest BCUT2D eigenvalue weighted by molar-refractivity contribution is 0.200. The molecule has 0 unspecified atom stereocenters. The fourth-order valence-corrected chi connectivity index (χ4v) is 4.30. The number of rotatable bonds is 7. The summed E-state index contributed by atoms with van der Waals surface area (Å²) in [5.41, 5.74) is 0. The summed E-state index contributed by atoms with van der Waals surface area (Å²) < 4.78 is 6.60. The molecule has 3 aromatic heterocycles. The predicted molar refractivity (Wildman–Crippen MR) is 105 cm³/mol. The molecule has 2 aliphatic rings. The van der Waals surface area contributed by atoms with Gasteiger partial charge in [0, 0.05) is 49.8 Å². The van der Waals surface area contributed by atoms with Crippen LogP contribution in [-0.4, -0.2) is 58.6 Å². The average molecular weight is 381 g/mol. The van der Waals surface area contributed by atoms with Crippen molar-refractivity contribution in [1.29, 1.82) is 0 Å². The number of hydrogen-bond acceptors (Lipinski definition) is 5. The number of imidazole rings is 1. The number of nitrogens with zero attached hydrogens (tertiary/aromatic N) is 8. The van der Waals surface area contributed by atoms with Gasteiger partial charge in [0.1, 0.15) is 18.2 Å². The molecule has 0 radical (unpaired) electrons. The van der Waals surface area contributed by atoms with E-state index in [0.717, 1.165) is 50.7 Å². The number of piperidine rings is 1. The van der Waals surface area contributed by atoms with Gasteiger partial charge >= 0.3 is 0 Å². The van der Waals surface area contributed by atoms with Crippen molar-refractivity contribution in [3.63, 3.8) is 0 Å². The standard InChI is InChI=1S/C20H28N8/c1-16-21-8-12-26(16)14-13-25-10-5-17(6-11-25)20-24-23-19(28(20)18-3-4-18)15-27-9-2-7-22-27/h2,7-9,12,17-18H,3-6,10-11,13-15H2,1H3. The van der Waals surface area contributed by atoms with Crippen molar-refractivity contribution in [2.24, 2.45) is 0 Å². The highest BCUT2D eigenvalue weighted by molar-refractivity contribution is 5.09. The summed E-state index contributed by atoms with van der Waals surface area (Å²) in [6, 6.07) is 2.55. The van der Waals surface area contributed by atoms with Crippen LogP contribution in [0.4, 0.5) is 0 Å². The molecule has 28 heavy (non-hydrogen) atoms. The second-order valence-electron chi connectivity index (χ2n) is 8.06. The first-order valence-electron chi connectivity index (χ1n) is 10.4. The fourth-order valence-electron chi connectivity index (χ4n) is 4.30. The molecule has 0 bridgehead atoms. The van der Waals surface area contributed by atoms with Crippen molar-refractivity contribution in [2.45, 2.75) is 57.7 Å². The van der Waals surface area contributed by atoms with Crippen molar-refractivity contribution < 1.29 is 0 Å². The van der Waals surface area contributed by atoms with E-state index in [1.165, 1.54) is 18.7 Å². The van der Waals surface area contributed by atoms with Crippen LogP contribution in [0.1, 0.15) is 55.1 Å². The van der Waals surface area contributed by atoms with Crippen molar-refractivity contribution in [3.8, 4) is 0 Å². The molecule has 148 valence electrons. The summed E-state index contributed by atoms with van der Waals surface area (Å²) >= 11 is 0. The topological polar surface area (TPSA) is 69.6 Å². The largest absolute Gasteiger partial charge is 0.334 e. The van der Waals surface area contributed by atoms with Crippen LogP contribution >= 0.6 is 0 Å². The normalized spacial score (nSPS) is 18.8. The van der Waals surface area contributed by atoms with Crippen molar-refractivity contribution in [3.05, 3.63) is 48.3 Å². The maximum absolute atomic E-state index is 4.65. The second kappa shape index (κ2) is 7.50. The molecule has 8 nitrogen and oxygen atoms in total. The minimum Gasteiger partial charge on any atom is -0.334 e. The average Bonchev–Trinajstić information content (AvgIpc) is 3.07. The summed E-state index contributed by atoms with van der Waals surface area (Å²) in [6.07, 6.45) is 12.6. The van der Waals surface area contributed by atoms with Gasteiger partial charge in [-0.2, -0.15) is 5.10 Å². The molecule has 1 saturated heterocycles. The molecule has 4 heterocycles. The highest BCUT2D eigenvalue weighted by Gasteiger charge is 2.33. The highest BCUT2D eigenvalue weighted by atomic mass is 15.3. The summed E-state index contributed by atoms with van der Waals surface area (Å²) in [5.74, 6) is 3.87. The predicted octanol–water partition coefficient (Wildman–Crippen LogP) is 2.24. The van der Waals surface area contributed by atoms with Gasteiger partial charge in [-0.05, 0) is 51.8 Å². The fraction of sp³-hybridized carbons (Fsp3) is 0.600. The van der Waals surface area contributed by atoms with Gasteiger partial charge in [-0.25, -0.2) is 4.98 Å². The first kappa shape index (κ1) is 17.6. The molecule has 1 saturated carbocycles. The van der Waals surface area contributed by atoms with Gasteiger partial charge < -0.3 is 14.0 Å². The third-order valence-electron chi connectivity index (χ3n) is 6.10. The molecule has 2 fully saturated rings. The Morgan fingerprint density at radius 3 is 2.54 bits per heavy atom. The molecular formula is C20H28N8. The summed E-state index contributed by atoms with van der Waals surface area (Å²) in [5, 5.41) is 13.5. The minimum atomic E-state index is 0.519. The summed E-state index contributed by atoms with van der Waals surface area (Å²) in [7, 11) is 0. The van der Waals surface area contributed by atoms with Crippen LogP contribution < -0.4 is 0 Å². The molecule has 3 aromatic rings. The molecular weight excluding hydrogens is 352 g/mol. The van der Waals surface area contributed by atoms with E-state index in [2.05, 4.69) is 47.4 Å². The second-order valence-corrected chi connectivity index (χ2v) is 8.06. The van der Waals surface area contributed by atoms with Gasteiger partial charge in [0.15, 0.2) is 5.82 Å². The van der Waals surface area contributed by atoms with Crippen molar-refractivity contribution in [1.82, 2.24) is 39.0 Å². The van der Waals surface area contributed by atoms with Crippen molar-refractivity contribution >= 4 is 0 Å². The van der Waals surface area contributed by atoms with E-state index in [0.29, 0.717) is 18.5 Å². The van der Waals surface area contributed by atoms with E-state index < -0.39 is 0 Å². The SMILES string of the molecule is Cc1nccn1CCN1CCC(c2nnc(Cn3cccn3)n2C2CC2)CC1. The van der Waals surface area contributed by atoms with Gasteiger partial charge in [-0.3, -0.25) is 4.68 Å². The Morgan fingerprint density at radius 2 is 1.86 bits per heavy atom. The first-order valence-corrected chi connectivity index (χ1v) is 10.4. The molecule has 0 N–H and O–H groups in total. The van der Waals surface area contributed by atoms with Crippen LogP contribution in [0.5, 0.6) is 0 Å². The van der Waals surface area contributed by atoms with E-state index in [9.17, 15) is 0 Å². The van der Waals surface area contributed by atoms with Gasteiger partial charge in [0.05, 0.1) is 0 Å². The van der Waals surface area contributed by atoms with E-state index in [1.807, 2.05) is 29.3 Å². The van der Waals surface area contributed by atoms with E-state index in [4.69, 9.17) is 0 Å². The highest BCUT2D eigenvalue weighted by Crippen LogP contribution is 2.39. The van der Waals surface area contributed by atoms with Gasteiger partial charge in [0.2, 0.25) is 0 Å². The van der Waals surface area contributed by atoms with E-state index in [1.54, 1.807) is 0 Å². The third kappa shape index (κ3) is 3.61. The van der Waals surface area contributed by atoms with Crippen LogP contribution in [0.2, 0.25) is 0 Å². The quantitative estimate of drug-likeness (QED) is 0.629. The Bertz CT molecular complexity index is 897. The molecule has 1 aliphatic carbocycles. The zero-order valence-electron chi connectivity index (χ0n) is 16.5. The summed E-state index contributed by atoms with van der Waals surface area (Å²) in [6.45, 7) is 7.14. The van der Waals surface area contributed by atoms with Gasteiger partial charge in [-0.1, -0.05) is 0 Å². The molecule has 8 heteroatoms. The Morgan fingerprint density at radius 1 is 1.00 bits per heavy atom. The zero-order chi connectivity index (χ0) is 18.9. The Labute approximate surface area is 165 Å². The Balaban J connectivity index is 1.22. The molecule has 0 aromatic carbocycles. The number of aryl methyl sites for hydroxylation is 1. The Hall–Kier alpha value is -2.48. The Kier molecular flexibility index (Phi) is 4.72. The lowest BCUT2D eigenvalue weighted by Crippen LogP contribution is -2.36. The van der Waals surface area contributed by atoms with E-state index >= 15 is 0 Å². The lowest BCUT2D eigenvalue weighted by atomic mass is 9.96. The number of aromatic nitrogens is 7. The van der Waals surface area contributed by atoms with Crippen LogP contribution in [-0.2, 0) is 13.1 Å². The number of likely N-dealkylation sites (tertiary alicyclic amines) is 1. The van der Waals surface area contributed by atoms with Crippen LogP contribution in [0, 0.1) is 6.92 Å². The smallest absolute Gasteiger partial charge is 0.155 e. The van der Waals surface area contributed by atoms with Crippen LogP contribution in [0.25, 0.3) is 0 Å². The molecule has 0 spiro atoms. The third-order valence-corrected chi connectivity index (χ3v) is 6.10. The molecule has 0 atom stereocenters. The maximum Gasteiger partial charge on any atom is 0.155 e. The van der Waals surface area contributed by atoms with Crippen LogP contribution in [0.15, 0.2) is 30.9 Å². The lowest BCUT2D eigenvalue weighted by Gasteiger charge is -2.31. The molecule has 5 rings (SSSR count). The van der Waals surface area contributed by atoms with Crippen molar-refractivity contribution in [2.75, 3.05) is 19.6 Å². The zero-order valence-corrected chi connectivity index (χ0v) is 16.5. The number of hydrogen-bond donors (Lipinski definition) is 0. The van der Waals surface area contributed by atoms with Gasteiger partial charge in [0.25, 0.3) is 0 Å². The van der Waals surface area contributed by atoms with E-state index in [-0.39, 0.29) is 0 Å². The summed E-state index contributed by atoms with van der Waals surface area (Å²) in [4.78, 5) is 6.88. The first-order chi connectivity index (χ1) is 13.8. The molecule has 1 aliphatic heterocycles. The monoisotopic (exact) mass is 380 g/mol. The van der Waals surface area contributed by atoms with Crippen LogP contribution in [0.3, 0.4) is 0 Å². The van der Waals surface area contributed by atoms with Gasteiger partial charge in [-0.15, -0.1) is 10.2 Å². The molecule has 0 amide bonds. The minimum absolute atomic E-state index is 0.519.